The number of ether oxygens (including phenoxy) is 1. The molecule has 23 heavy (non-hydrogen) atoms. The molecule has 0 aromatic carbocycles. The van der Waals surface area contributed by atoms with Crippen molar-refractivity contribution in [3.63, 3.8) is 0 Å². The van der Waals surface area contributed by atoms with Crippen molar-refractivity contribution in [2.45, 2.75) is 68.4 Å². The van der Waals surface area contributed by atoms with Gasteiger partial charge < -0.3 is 14.2 Å². The Bertz CT molecular complexity index is 488. The third-order valence-electron chi connectivity index (χ3n) is 4.43. The maximum atomic E-state index is 12.7. The first-order valence-corrected chi connectivity index (χ1v) is 9.31. The van der Waals surface area contributed by atoms with E-state index >= 15 is 0 Å². The molecule has 1 aliphatic rings. The molecular weight excluding hydrogens is 312 g/mol. The number of amides is 1. The fraction of sp³-hybridized carbons (Fsp3) is 0.812. The van der Waals surface area contributed by atoms with Gasteiger partial charge in [-0.05, 0) is 26.2 Å². The van der Waals surface area contributed by atoms with Crippen molar-refractivity contribution in [2.24, 2.45) is 0 Å². The standard InChI is InChI=1S/C16H28N4O2S/c1-13(15(21)19(2)14-8-5-4-6-9-14)23-16-18-17-12-20(16)10-7-11-22-3/h12-14H,4-11H2,1-3H3. The van der Waals surface area contributed by atoms with Crippen LogP contribution in [0.1, 0.15) is 45.4 Å². The summed E-state index contributed by atoms with van der Waals surface area (Å²) in [5, 5.41) is 8.79. The van der Waals surface area contributed by atoms with Crippen molar-refractivity contribution in [1.29, 1.82) is 0 Å². The Morgan fingerprint density at radius 3 is 2.91 bits per heavy atom. The predicted octanol–water partition coefficient (Wildman–Crippen LogP) is 2.59. The summed E-state index contributed by atoms with van der Waals surface area (Å²) in [6.07, 6.45) is 8.66. The lowest BCUT2D eigenvalue weighted by Crippen LogP contribution is -2.42. The molecule has 1 aromatic heterocycles. The number of nitrogens with zero attached hydrogens (tertiary/aromatic N) is 4. The van der Waals surface area contributed by atoms with Gasteiger partial charge in [-0.25, -0.2) is 0 Å². The Balaban J connectivity index is 1.89. The number of aromatic nitrogens is 3. The second-order valence-electron chi connectivity index (χ2n) is 6.15. The summed E-state index contributed by atoms with van der Waals surface area (Å²) < 4.78 is 7.07. The highest BCUT2D eigenvalue weighted by molar-refractivity contribution is 8.00. The fourth-order valence-electron chi connectivity index (χ4n) is 3.01. The lowest BCUT2D eigenvalue weighted by atomic mass is 9.94. The van der Waals surface area contributed by atoms with Crippen LogP contribution in [0.3, 0.4) is 0 Å². The molecule has 2 rings (SSSR count). The molecule has 1 fully saturated rings. The molecule has 0 aliphatic heterocycles. The normalized spacial score (nSPS) is 17.2. The molecule has 1 saturated carbocycles. The fourth-order valence-corrected chi connectivity index (χ4v) is 3.96. The van der Waals surface area contributed by atoms with Gasteiger partial charge in [0.25, 0.3) is 0 Å². The van der Waals surface area contributed by atoms with Gasteiger partial charge in [0.15, 0.2) is 5.16 Å². The third-order valence-corrected chi connectivity index (χ3v) is 5.51. The molecule has 0 spiro atoms. The molecule has 0 radical (unpaired) electrons. The average Bonchev–Trinajstić information content (AvgIpc) is 3.01. The zero-order valence-electron chi connectivity index (χ0n) is 14.4. The van der Waals surface area contributed by atoms with Crippen LogP contribution in [0.15, 0.2) is 11.5 Å². The first-order chi connectivity index (χ1) is 11.1. The summed E-state index contributed by atoms with van der Waals surface area (Å²) in [7, 11) is 3.64. The van der Waals surface area contributed by atoms with Crippen LogP contribution in [-0.4, -0.2) is 57.6 Å². The van der Waals surface area contributed by atoms with Crippen LogP contribution in [0.5, 0.6) is 0 Å². The van der Waals surface area contributed by atoms with E-state index < -0.39 is 0 Å². The van der Waals surface area contributed by atoms with E-state index in [1.807, 2.05) is 23.4 Å². The predicted molar refractivity (Wildman–Crippen MR) is 91.5 cm³/mol. The maximum Gasteiger partial charge on any atom is 0.235 e. The van der Waals surface area contributed by atoms with Gasteiger partial charge in [-0.15, -0.1) is 10.2 Å². The molecular formula is C16H28N4O2S. The Morgan fingerprint density at radius 2 is 2.22 bits per heavy atom. The van der Waals surface area contributed by atoms with Crippen molar-refractivity contribution in [1.82, 2.24) is 19.7 Å². The molecule has 0 N–H and O–H groups in total. The molecule has 0 saturated heterocycles. The highest BCUT2D eigenvalue weighted by Crippen LogP contribution is 2.26. The van der Waals surface area contributed by atoms with Crippen molar-refractivity contribution in [3.8, 4) is 0 Å². The Labute approximate surface area is 143 Å². The van der Waals surface area contributed by atoms with Crippen LogP contribution in [0, 0.1) is 0 Å². The first-order valence-electron chi connectivity index (χ1n) is 8.43. The number of hydrogen-bond donors (Lipinski definition) is 0. The Hall–Kier alpha value is -1.08. The summed E-state index contributed by atoms with van der Waals surface area (Å²) in [4.78, 5) is 14.6. The number of carbonyl (C=O) groups excluding carboxylic acids is 1. The van der Waals surface area contributed by atoms with Crippen LogP contribution in [0.4, 0.5) is 0 Å². The topological polar surface area (TPSA) is 60.2 Å². The summed E-state index contributed by atoms with van der Waals surface area (Å²) in [6.45, 7) is 3.48. The van der Waals surface area contributed by atoms with E-state index in [4.69, 9.17) is 4.74 Å². The monoisotopic (exact) mass is 340 g/mol. The average molecular weight is 340 g/mol. The Kier molecular flexibility index (Phi) is 7.36. The number of hydrogen-bond acceptors (Lipinski definition) is 5. The van der Waals surface area contributed by atoms with Crippen molar-refractivity contribution >= 4 is 17.7 Å². The number of rotatable bonds is 8. The van der Waals surface area contributed by atoms with E-state index in [1.165, 1.54) is 31.0 Å². The molecule has 1 aromatic rings. The molecule has 6 nitrogen and oxygen atoms in total. The van der Waals surface area contributed by atoms with Crippen molar-refractivity contribution in [3.05, 3.63) is 6.33 Å². The van der Waals surface area contributed by atoms with Crippen LogP contribution in [0.25, 0.3) is 0 Å². The van der Waals surface area contributed by atoms with Crippen LogP contribution < -0.4 is 0 Å². The zero-order valence-corrected chi connectivity index (χ0v) is 15.2. The first kappa shape index (κ1) is 18.3. The molecule has 1 aliphatic carbocycles. The van der Waals surface area contributed by atoms with Crippen LogP contribution >= 0.6 is 11.8 Å². The molecule has 0 bridgehead atoms. The van der Waals surface area contributed by atoms with Crippen LogP contribution in [0.2, 0.25) is 0 Å². The van der Waals surface area contributed by atoms with Crippen molar-refractivity contribution in [2.75, 3.05) is 20.8 Å². The van der Waals surface area contributed by atoms with E-state index in [0.717, 1.165) is 31.0 Å². The summed E-state index contributed by atoms with van der Waals surface area (Å²) >= 11 is 1.49. The summed E-state index contributed by atoms with van der Waals surface area (Å²) in [5.41, 5.74) is 0. The number of aryl methyl sites for hydroxylation is 1. The highest BCUT2D eigenvalue weighted by Gasteiger charge is 2.27. The van der Waals surface area contributed by atoms with Crippen molar-refractivity contribution < 1.29 is 9.53 Å². The van der Waals surface area contributed by atoms with Gasteiger partial charge in [0, 0.05) is 33.4 Å². The lowest BCUT2D eigenvalue weighted by Gasteiger charge is -2.32. The Morgan fingerprint density at radius 1 is 1.48 bits per heavy atom. The lowest BCUT2D eigenvalue weighted by molar-refractivity contribution is -0.131. The molecule has 1 heterocycles. The van der Waals surface area contributed by atoms with Gasteiger partial charge in [0.1, 0.15) is 6.33 Å². The minimum Gasteiger partial charge on any atom is -0.385 e. The largest absolute Gasteiger partial charge is 0.385 e. The number of thioether (sulfide) groups is 1. The van der Waals surface area contributed by atoms with E-state index in [2.05, 4.69) is 10.2 Å². The third kappa shape index (κ3) is 5.21. The molecule has 7 heteroatoms. The minimum absolute atomic E-state index is 0.146. The van der Waals surface area contributed by atoms with Gasteiger partial charge in [0.2, 0.25) is 5.91 Å². The van der Waals surface area contributed by atoms with Gasteiger partial charge in [-0.2, -0.15) is 0 Å². The summed E-state index contributed by atoms with van der Waals surface area (Å²) in [5.74, 6) is 0.188. The van der Waals surface area contributed by atoms with Crippen LogP contribution in [-0.2, 0) is 16.1 Å². The molecule has 1 unspecified atom stereocenters. The van der Waals surface area contributed by atoms with Gasteiger partial charge >= 0.3 is 0 Å². The van der Waals surface area contributed by atoms with Gasteiger partial charge in [-0.3, -0.25) is 4.79 Å². The highest BCUT2D eigenvalue weighted by atomic mass is 32.2. The van der Waals surface area contributed by atoms with Gasteiger partial charge in [-0.1, -0.05) is 31.0 Å². The second kappa shape index (κ2) is 9.27. The quantitative estimate of drug-likeness (QED) is 0.538. The SMILES string of the molecule is COCCCn1cnnc1SC(C)C(=O)N(C)C1CCCCC1. The van der Waals surface area contributed by atoms with E-state index in [1.54, 1.807) is 13.4 Å². The number of methoxy groups -OCH3 is 1. The van der Waals surface area contributed by atoms with Gasteiger partial charge in [0.05, 0.1) is 5.25 Å². The second-order valence-corrected chi connectivity index (χ2v) is 7.46. The minimum atomic E-state index is -0.146. The molecule has 1 amide bonds. The number of carbonyl (C=O) groups is 1. The summed E-state index contributed by atoms with van der Waals surface area (Å²) in [6, 6.07) is 0.402. The molecule has 1 atom stereocenters. The zero-order chi connectivity index (χ0) is 16.7. The van der Waals surface area contributed by atoms with E-state index in [-0.39, 0.29) is 11.2 Å². The van der Waals surface area contributed by atoms with E-state index in [0.29, 0.717) is 12.6 Å². The molecule has 130 valence electrons. The van der Waals surface area contributed by atoms with E-state index in [9.17, 15) is 4.79 Å². The maximum absolute atomic E-state index is 12.7. The smallest absolute Gasteiger partial charge is 0.235 e.